The number of alkyl halides is 3. The number of nitrogens with zero attached hydrogens (tertiary/aromatic N) is 2. The Morgan fingerprint density at radius 3 is 2.55 bits per heavy atom. The van der Waals surface area contributed by atoms with Crippen LogP contribution in [0.4, 0.5) is 19.1 Å². The van der Waals surface area contributed by atoms with Gasteiger partial charge in [0.05, 0.1) is 18.7 Å². The van der Waals surface area contributed by atoms with Gasteiger partial charge in [0, 0.05) is 21.5 Å². The zero-order chi connectivity index (χ0) is 29.3. The lowest BCUT2D eigenvalue weighted by Gasteiger charge is -2.26. The molecule has 0 aliphatic carbocycles. The van der Waals surface area contributed by atoms with E-state index in [-0.39, 0.29) is 58.1 Å². The lowest BCUT2D eigenvalue weighted by Crippen LogP contribution is -2.32. The first-order chi connectivity index (χ1) is 19.5. The fourth-order valence-electron chi connectivity index (χ4n) is 4.55. The monoisotopic (exact) mass is 640 g/mol. The van der Waals surface area contributed by atoms with Crippen molar-refractivity contribution in [3.8, 4) is 17.0 Å². The van der Waals surface area contributed by atoms with E-state index >= 15 is 0 Å². The molecule has 0 saturated heterocycles. The van der Waals surface area contributed by atoms with Crippen LogP contribution in [0.15, 0.2) is 53.9 Å². The van der Waals surface area contributed by atoms with Crippen molar-refractivity contribution >= 4 is 63.1 Å². The Bertz CT molecular complexity index is 1630. The van der Waals surface area contributed by atoms with Crippen LogP contribution in [0.5, 0.6) is 5.88 Å². The van der Waals surface area contributed by atoms with Gasteiger partial charge in [0.1, 0.15) is 10.7 Å². The second-order valence-corrected chi connectivity index (χ2v) is 10.7. The van der Waals surface area contributed by atoms with Gasteiger partial charge in [-0.05, 0) is 47.2 Å². The Morgan fingerprint density at radius 2 is 1.90 bits per heavy atom. The quantitative estimate of drug-likeness (QED) is 0.200. The third-order valence-corrected chi connectivity index (χ3v) is 7.71. The number of carbonyl (C=O) groups is 1. The van der Waals surface area contributed by atoms with Crippen LogP contribution >= 0.6 is 35.3 Å². The van der Waals surface area contributed by atoms with Crippen LogP contribution in [0.25, 0.3) is 26.9 Å². The maximum atomic E-state index is 14.6. The number of hydrogen-bond donors (Lipinski definition) is 3. The number of carboxylic acid groups (broad SMARTS) is 1. The minimum atomic E-state index is -4.81. The molecule has 8 nitrogen and oxygen atoms in total. The number of nitrogen functional groups attached to an aromatic ring is 1. The van der Waals surface area contributed by atoms with Crippen molar-refractivity contribution in [3.63, 3.8) is 0 Å². The molecule has 0 amide bonds. The van der Waals surface area contributed by atoms with Crippen LogP contribution in [-0.4, -0.2) is 46.5 Å². The molecule has 3 heterocycles. The Labute approximate surface area is 253 Å². The first-order valence-electron chi connectivity index (χ1n) is 12.4. The number of benzene rings is 2. The molecule has 42 heavy (non-hydrogen) atoms. The van der Waals surface area contributed by atoms with Crippen LogP contribution in [-0.2, 0) is 16.0 Å². The van der Waals surface area contributed by atoms with Crippen molar-refractivity contribution < 1.29 is 32.5 Å². The summed E-state index contributed by atoms with van der Waals surface area (Å²) in [4.78, 5) is 19.4. The predicted molar refractivity (Wildman–Crippen MR) is 158 cm³/mol. The predicted octanol–water partition coefficient (Wildman–Crippen LogP) is 6.46. The molecule has 2 atom stereocenters. The Hall–Kier alpha value is -3.42. The summed E-state index contributed by atoms with van der Waals surface area (Å²) in [5.74, 6) is -1.66. The lowest BCUT2D eigenvalue weighted by atomic mass is 9.94. The summed E-state index contributed by atoms with van der Waals surface area (Å²) in [7, 11) is 0. The number of anilines is 1. The van der Waals surface area contributed by atoms with Gasteiger partial charge >= 0.3 is 12.1 Å². The minimum absolute atomic E-state index is 0. The highest BCUT2D eigenvalue weighted by molar-refractivity contribution is 7.18. The van der Waals surface area contributed by atoms with Crippen LogP contribution < -0.4 is 16.2 Å². The van der Waals surface area contributed by atoms with E-state index in [0.29, 0.717) is 40.8 Å². The van der Waals surface area contributed by atoms with Gasteiger partial charge in [-0.2, -0.15) is 18.2 Å². The molecule has 1 aliphatic rings. The number of carboxylic acids is 1. The van der Waals surface area contributed by atoms with Crippen molar-refractivity contribution in [2.75, 3.05) is 18.9 Å². The number of nitrogens with two attached hydrogens (primary N) is 2. The summed E-state index contributed by atoms with van der Waals surface area (Å²) >= 11 is 7.29. The summed E-state index contributed by atoms with van der Waals surface area (Å²) < 4.78 is 55.1. The summed E-state index contributed by atoms with van der Waals surface area (Å²) in [6, 6.07) is 10.1. The van der Waals surface area contributed by atoms with E-state index in [4.69, 9.17) is 37.6 Å². The first kappa shape index (κ1) is 31.5. The normalized spacial score (nSPS) is 15.0. The van der Waals surface area contributed by atoms with Gasteiger partial charge in [-0.1, -0.05) is 48.0 Å². The molecule has 0 fully saturated rings. The number of thiophene rings is 1. The average molecular weight is 641 g/mol. The van der Waals surface area contributed by atoms with E-state index in [1.807, 2.05) is 6.08 Å². The van der Waals surface area contributed by atoms with Crippen LogP contribution in [0.2, 0.25) is 5.02 Å². The molecular formula is C28H25Cl2F3N4O4S. The second kappa shape index (κ2) is 12.8. The molecule has 2 aromatic carbocycles. The van der Waals surface area contributed by atoms with Gasteiger partial charge < -0.3 is 26.0 Å². The maximum Gasteiger partial charge on any atom is 0.429 e. The second-order valence-electron chi connectivity index (χ2n) is 9.40. The summed E-state index contributed by atoms with van der Waals surface area (Å²) in [5.41, 5.74) is 14.7. The van der Waals surface area contributed by atoms with Gasteiger partial charge in [-0.15, -0.1) is 23.7 Å². The van der Waals surface area contributed by atoms with E-state index in [1.165, 1.54) is 18.2 Å². The van der Waals surface area contributed by atoms with Gasteiger partial charge in [0.25, 0.3) is 0 Å². The fraction of sp³-hybridized carbons (Fsp3) is 0.250. The molecule has 0 radical (unpaired) electrons. The van der Waals surface area contributed by atoms with Crippen LogP contribution in [0.1, 0.15) is 29.2 Å². The lowest BCUT2D eigenvalue weighted by molar-refractivity contribution is -0.198. The molecular weight excluding hydrogens is 616 g/mol. The zero-order valence-corrected chi connectivity index (χ0v) is 24.1. The zero-order valence-electron chi connectivity index (χ0n) is 21.7. The van der Waals surface area contributed by atoms with Gasteiger partial charge in [0.2, 0.25) is 17.9 Å². The van der Waals surface area contributed by atoms with E-state index in [9.17, 15) is 18.0 Å². The molecule has 0 saturated carbocycles. The smallest absolute Gasteiger partial charge is 0.429 e. The van der Waals surface area contributed by atoms with Gasteiger partial charge in [0.15, 0.2) is 0 Å². The molecule has 0 bridgehead atoms. The molecule has 14 heteroatoms. The molecule has 5 rings (SSSR count). The van der Waals surface area contributed by atoms with E-state index in [2.05, 4.69) is 9.97 Å². The largest absolute Gasteiger partial charge is 0.480 e. The number of halogens is 5. The highest BCUT2D eigenvalue weighted by atomic mass is 35.5. The molecule has 222 valence electrons. The summed E-state index contributed by atoms with van der Waals surface area (Å²) in [6.07, 6.45) is -4.65. The number of ether oxygens (including phenoxy) is 2. The number of aromatic nitrogens is 2. The molecule has 0 spiro atoms. The number of hydrogen-bond acceptors (Lipinski definition) is 8. The van der Waals surface area contributed by atoms with Gasteiger partial charge in [-0.3, -0.25) is 4.79 Å². The van der Waals surface area contributed by atoms with Crippen molar-refractivity contribution in [2.24, 2.45) is 5.73 Å². The van der Waals surface area contributed by atoms with Crippen molar-refractivity contribution in [2.45, 2.75) is 31.2 Å². The topological polar surface area (TPSA) is 134 Å². The number of aliphatic carboxylic acids is 1. The van der Waals surface area contributed by atoms with E-state index in [1.54, 1.807) is 29.6 Å². The fourth-order valence-corrected chi connectivity index (χ4v) is 5.67. The van der Waals surface area contributed by atoms with Crippen molar-refractivity contribution in [3.05, 3.63) is 75.6 Å². The molecule has 5 N–H and O–H groups in total. The SMILES string of the molecule is Cl.Nc1nc(O[C@H](c2ccc(Cl)cc2C2=CCCOC2)C(F)(F)F)c2scc(-c3ccc(CC(N)C(=O)O)cc3)c2n1. The first-order valence-corrected chi connectivity index (χ1v) is 13.7. The Morgan fingerprint density at radius 1 is 1.17 bits per heavy atom. The van der Waals surface area contributed by atoms with E-state index < -0.39 is 24.3 Å². The highest BCUT2D eigenvalue weighted by Gasteiger charge is 2.45. The number of fused-ring (bicyclic) bond motifs is 1. The van der Waals surface area contributed by atoms with Crippen LogP contribution in [0.3, 0.4) is 0 Å². The molecule has 4 aromatic rings. The van der Waals surface area contributed by atoms with Crippen molar-refractivity contribution in [1.82, 2.24) is 9.97 Å². The third kappa shape index (κ3) is 6.79. The van der Waals surface area contributed by atoms with Gasteiger partial charge in [-0.25, -0.2) is 4.98 Å². The van der Waals surface area contributed by atoms with E-state index in [0.717, 1.165) is 11.3 Å². The van der Waals surface area contributed by atoms with Crippen LogP contribution in [0, 0.1) is 0 Å². The molecule has 1 aliphatic heterocycles. The minimum Gasteiger partial charge on any atom is -0.480 e. The van der Waals surface area contributed by atoms with Crippen molar-refractivity contribution in [1.29, 1.82) is 0 Å². The summed E-state index contributed by atoms with van der Waals surface area (Å²) in [6.45, 7) is 0.633. The highest BCUT2D eigenvalue weighted by Crippen LogP contribution is 2.44. The molecule has 2 aromatic heterocycles. The summed E-state index contributed by atoms with van der Waals surface area (Å²) in [5, 5.41) is 11.1. The Kier molecular flexibility index (Phi) is 9.63. The average Bonchev–Trinajstić information content (AvgIpc) is 3.36. The molecule has 1 unspecified atom stereocenters. The maximum absolute atomic E-state index is 14.6. The Balaban J connectivity index is 0.00000405. The standard InChI is InChI=1S/C28H24ClF3N4O4S.ClH/c29-17-7-8-18(19(11-17)16-2-1-9-39-12-16)24(28(30,31)32)40-25-23-22(35-27(34)36-25)20(13-41-23)15-5-3-14(4-6-15)10-21(33)26(37)38;/h2-8,11,13,21,24H,1,9-10,12,33H2,(H,37,38)(H2,34,35,36);1H/t21?,24-;/m1./s1. The number of rotatable bonds is 8. The third-order valence-electron chi connectivity index (χ3n) is 6.52.